The van der Waals surface area contributed by atoms with Crippen molar-refractivity contribution in [3.63, 3.8) is 0 Å². The number of nitrogens with zero attached hydrogens (tertiary/aromatic N) is 1. The lowest BCUT2D eigenvalue weighted by Gasteiger charge is -1.98. The van der Waals surface area contributed by atoms with Gasteiger partial charge < -0.3 is 14.9 Å². The second-order valence-electron chi connectivity index (χ2n) is 2.54. The predicted molar refractivity (Wildman–Crippen MR) is 46.0 cm³/mol. The van der Waals surface area contributed by atoms with Crippen LogP contribution in [0.5, 0.6) is 0 Å². The number of rotatable bonds is 3. The van der Waals surface area contributed by atoms with E-state index in [1.54, 1.807) is 13.8 Å². The van der Waals surface area contributed by atoms with Crippen molar-refractivity contribution < 1.29 is 13.9 Å². The van der Waals surface area contributed by atoms with E-state index >= 15 is 0 Å². The summed E-state index contributed by atoms with van der Waals surface area (Å²) in [6.45, 7) is 3.82. The van der Waals surface area contributed by atoms with Gasteiger partial charge in [0.15, 0.2) is 0 Å². The fourth-order valence-corrected chi connectivity index (χ4v) is 0.963. The fourth-order valence-electron chi connectivity index (χ4n) is 0.963. The first kappa shape index (κ1) is 9.57. The summed E-state index contributed by atoms with van der Waals surface area (Å²) in [6.07, 6.45) is 0.111. The van der Waals surface area contributed by atoms with Crippen LogP contribution in [0.2, 0.25) is 0 Å². The average Bonchev–Trinajstić information content (AvgIpc) is 2.30. The summed E-state index contributed by atoms with van der Waals surface area (Å²) in [5, 5.41) is 0. The lowest BCUT2D eigenvalue weighted by molar-refractivity contribution is -0.142. The molecule has 2 N–H and O–H groups in total. The number of oxazole rings is 1. The molecule has 13 heavy (non-hydrogen) atoms. The van der Waals surface area contributed by atoms with Crippen molar-refractivity contribution in [3.05, 3.63) is 11.5 Å². The van der Waals surface area contributed by atoms with Gasteiger partial charge in [0.05, 0.1) is 18.7 Å². The van der Waals surface area contributed by atoms with Gasteiger partial charge in [0.2, 0.25) is 0 Å². The Morgan fingerprint density at radius 2 is 2.38 bits per heavy atom. The van der Waals surface area contributed by atoms with Gasteiger partial charge >= 0.3 is 5.97 Å². The van der Waals surface area contributed by atoms with E-state index in [9.17, 15) is 4.79 Å². The van der Waals surface area contributed by atoms with Crippen LogP contribution in [-0.2, 0) is 16.0 Å². The van der Waals surface area contributed by atoms with Crippen molar-refractivity contribution in [1.82, 2.24) is 4.98 Å². The Bertz CT molecular complexity index is 306. The molecule has 0 aromatic carbocycles. The summed E-state index contributed by atoms with van der Waals surface area (Å²) in [5.41, 5.74) is 5.84. The first-order valence-corrected chi connectivity index (χ1v) is 4.01. The molecule has 5 heteroatoms. The molecule has 1 rings (SSSR count). The van der Waals surface area contributed by atoms with Crippen LogP contribution in [0.15, 0.2) is 4.42 Å². The minimum atomic E-state index is -0.320. The van der Waals surface area contributed by atoms with Gasteiger partial charge in [0.25, 0.3) is 6.01 Å². The standard InChI is InChI=1S/C8H12N2O3/c1-3-12-7(11)4-6-5(2)13-8(9)10-6/h3-4H2,1-2H3,(H2,9,10). The molecule has 0 unspecified atom stereocenters. The van der Waals surface area contributed by atoms with Crippen molar-refractivity contribution in [2.24, 2.45) is 0 Å². The van der Waals surface area contributed by atoms with Crippen molar-refractivity contribution >= 4 is 12.0 Å². The molecule has 0 spiro atoms. The number of hydrogen-bond donors (Lipinski definition) is 1. The van der Waals surface area contributed by atoms with Crippen molar-refractivity contribution in [2.75, 3.05) is 12.3 Å². The third-order valence-corrected chi connectivity index (χ3v) is 1.53. The van der Waals surface area contributed by atoms with Crippen molar-refractivity contribution in [1.29, 1.82) is 0 Å². The van der Waals surface area contributed by atoms with Gasteiger partial charge in [-0.3, -0.25) is 4.79 Å². The molecule has 0 fully saturated rings. The normalized spacial score (nSPS) is 10.0. The zero-order valence-electron chi connectivity index (χ0n) is 7.66. The first-order valence-electron chi connectivity index (χ1n) is 4.01. The van der Waals surface area contributed by atoms with Crippen LogP contribution in [0.1, 0.15) is 18.4 Å². The molecule has 0 atom stereocenters. The van der Waals surface area contributed by atoms with Gasteiger partial charge in [0.1, 0.15) is 5.76 Å². The molecule has 1 aromatic heterocycles. The number of anilines is 1. The van der Waals surface area contributed by atoms with Crippen LogP contribution >= 0.6 is 0 Å². The maximum absolute atomic E-state index is 11.0. The Balaban J connectivity index is 2.63. The van der Waals surface area contributed by atoms with E-state index in [1.165, 1.54) is 0 Å². The monoisotopic (exact) mass is 184 g/mol. The third kappa shape index (κ3) is 2.47. The number of ether oxygens (including phenoxy) is 1. The van der Waals surface area contributed by atoms with E-state index in [4.69, 9.17) is 14.9 Å². The molecule has 0 amide bonds. The molecule has 72 valence electrons. The second kappa shape index (κ2) is 3.93. The third-order valence-electron chi connectivity index (χ3n) is 1.53. The number of aryl methyl sites for hydroxylation is 1. The average molecular weight is 184 g/mol. The quantitative estimate of drug-likeness (QED) is 0.698. The second-order valence-corrected chi connectivity index (χ2v) is 2.54. The molecule has 0 aliphatic rings. The summed E-state index contributed by atoms with van der Waals surface area (Å²) in [5.74, 6) is 0.240. The lowest BCUT2D eigenvalue weighted by atomic mass is 10.3. The molecular formula is C8H12N2O3. The molecule has 0 aliphatic heterocycles. The van der Waals surface area contributed by atoms with Gasteiger partial charge in [-0.1, -0.05) is 0 Å². The van der Waals surface area contributed by atoms with Gasteiger partial charge in [-0.05, 0) is 13.8 Å². The highest BCUT2D eigenvalue weighted by Gasteiger charge is 2.12. The highest BCUT2D eigenvalue weighted by Crippen LogP contribution is 2.11. The van der Waals surface area contributed by atoms with E-state index in [-0.39, 0.29) is 18.4 Å². The van der Waals surface area contributed by atoms with Crippen LogP contribution in [0.4, 0.5) is 6.01 Å². The molecule has 0 radical (unpaired) electrons. The Labute approximate surface area is 75.9 Å². The summed E-state index contributed by atoms with van der Waals surface area (Å²) in [4.78, 5) is 14.9. The molecule has 0 bridgehead atoms. The number of carbonyl (C=O) groups is 1. The van der Waals surface area contributed by atoms with E-state index in [0.29, 0.717) is 18.1 Å². The summed E-state index contributed by atoms with van der Waals surface area (Å²) in [6, 6.07) is 0.0804. The molecule has 5 nitrogen and oxygen atoms in total. The van der Waals surface area contributed by atoms with E-state index in [1.807, 2.05) is 0 Å². The van der Waals surface area contributed by atoms with Gasteiger partial charge in [-0.25, -0.2) is 0 Å². The SMILES string of the molecule is CCOC(=O)Cc1nc(N)oc1C. The topological polar surface area (TPSA) is 78.3 Å². The van der Waals surface area contributed by atoms with Crippen molar-refractivity contribution in [3.8, 4) is 0 Å². The van der Waals surface area contributed by atoms with E-state index in [0.717, 1.165) is 0 Å². The first-order chi connectivity index (χ1) is 6.13. The maximum atomic E-state index is 11.0. The number of hydrogen-bond acceptors (Lipinski definition) is 5. The maximum Gasteiger partial charge on any atom is 0.311 e. The van der Waals surface area contributed by atoms with Crippen molar-refractivity contribution in [2.45, 2.75) is 20.3 Å². The highest BCUT2D eigenvalue weighted by atomic mass is 16.5. The fraction of sp³-hybridized carbons (Fsp3) is 0.500. The van der Waals surface area contributed by atoms with E-state index in [2.05, 4.69) is 4.98 Å². The Kier molecular flexibility index (Phi) is 2.89. The Hall–Kier alpha value is -1.52. The summed E-state index contributed by atoms with van der Waals surface area (Å²) >= 11 is 0. The minimum Gasteiger partial charge on any atom is -0.466 e. The Morgan fingerprint density at radius 1 is 1.69 bits per heavy atom. The highest BCUT2D eigenvalue weighted by molar-refractivity contribution is 5.72. The van der Waals surface area contributed by atoms with Crippen LogP contribution in [0, 0.1) is 6.92 Å². The number of nitrogen functional groups attached to an aromatic ring is 1. The molecule has 1 heterocycles. The number of nitrogens with two attached hydrogens (primary N) is 1. The molecule has 1 aromatic rings. The van der Waals surface area contributed by atoms with Crippen LogP contribution in [0.25, 0.3) is 0 Å². The van der Waals surface area contributed by atoms with Gasteiger partial charge in [-0.2, -0.15) is 4.98 Å². The zero-order valence-corrected chi connectivity index (χ0v) is 7.66. The Morgan fingerprint density at radius 3 is 2.85 bits per heavy atom. The van der Waals surface area contributed by atoms with Crippen LogP contribution < -0.4 is 5.73 Å². The number of esters is 1. The lowest BCUT2D eigenvalue weighted by Crippen LogP contribution is -2.08. The predicted octanol–water partition coefficient (Wildman–Crippen LogP) is 0.671. The van der Waals surface area contributed by atoms with Gasteiger partial charge in [0, 0.05) is 0 Å². The smallest absolute Gasteiger partial charge is 0.311 e. The molecule has 0 saturated carbocycles. The van der Waals surface area contributed by atoms with Crippen LogP contribution in [0.3, 0.4) is 0 Å². The number of carbonyl (C=O) groups excluding carboxylic acids is 1. The van der Waals surface area contributed by atoms with Crippen LogP contribution in [-0.4, -0.2) is 17.6 Å². The molecule has 0 aliphatic carbocycles. The van der Waals surface area contributed by atoms with Gasteiger partial charge in [-0.15, -0.1) is 0 Å². The largest absolute Gasteiger partial charge is 0.466 e. The van der Waals surface area contributed by atoms with E-state index < -0.39 is 0 Å². The molecular weight excluding hydrogens is 172 g/mol. The number of aromatic nitrogens is 1. The zero-order chi connectivity index (χ0) is 9.84. The minimum absolute atomic E-state index is 0.0804. The summed E-state index contributed by atoms with van der Waals surface area (Å²) in [7, 11) is 0. The molecule has 0 saturated heterocycles. The summed E-state index contributed by atoms with van der Waals surface area (Å²) < 4.78 is 9.70.